The Morgan fingerprint density at radius 2 is 1.88 bits per heavy atom. The maximum atomic E-state index is 12.3. The second kappa shape index (κ2) is 11.1. The summed E-state index contributed by atoms with van der Waals surface area (Å²) in [5.74, 6) is 1.11. The summed E-state index contributed by atoms with van der Waals surface area (Å²) in [4.78, 5) is 22.6. The highest BCUT2D eigenvalue weighted by molar-refractivity contribution is 9.10. The first kappa shape index (κ1) is 23.7. The standard InChI is InChI=1S/C23H20BrN3O6/c1-31-19-5-3-4-17(12-19)23(28)26-25-13-16-10-20(24)22(21(11-16)32-2)33-14-15-6-8-18(9-7-15)27(29)30/h3-13H,14H2,1-2H3,(H,26,28)/b25-13+. The number of non-ortho nitro benzene ring substituents is 1. The second-order valence-corrected chi connectivity index (χ2v) is 7.53. The Bertz CT molecular complexity index is 1180. The van der Waals surface area contributed by atoms with E-state index < -0.39 is 4.92 Å². The Kier molecular flexibility index (Phi) is 7.98. The van der Waals surface area contributed by atoms with E-state index in [1.807, 2.05) is 0 Å². The van der Waals surface area contributed by atoms with Gasteiger partial charge in [0, 0.05) is 17.7 Å². The summed E-state index contributed by atoms with van der Waals surface area (Å²) in [5.41, 5.74) is 4.32. The van der Waals surface area contributed by atoms with Crippen molar-refractivity contribution in [2.75, 3.05) is 14.2 Å². The lowest BCUT2D eigenvalue weighted by Crippen LogP contribution is -2.17. The third-order valence-corrected chi connectivity index (χ3v) is 5.08. The molecule has 0 unspecified atom stereocenters. The number of ether oxygens (including phenoxy) is 3. The summed E-state index contributed by atoms with van der Waals surface area (Å²) >= 11 is 3.46. The molecule has 9 nitrogen and oxygen atoms in total. The number of carbonyl (C=O) groups is 1. The van der Waals surface area contributed by atoms with Gasteiger partial charge < -0.3 is 14.2 Å². The highest BCUT2D eigenvalue weighted by Gasteiger charge is 2.13. The largest absolute Gasteiger partial charge is 0.497 e. The molecule has 0 aliphatic rings. The highest BCUT2D eigenvalue weighted by atomic mass is 79.9. The number of nitrogens with zero attached hydrogens (tertiary/aromatic N) is 2. The van der Waals surface area contributed by atoms with E-state index in [1.54, 1.807) is 48.5 Å². The van der Waals surface area contributed by atoms with Crippen LogP contribution in [0.2, 0.25) is 0 Å². The molecular weight excluding hydrogens is 494 g/mol. The van der Waals surface area contributed by atoms with Crippen LogP contribution in [-0.4, -0.2) is 31.3 Å². The molecule has 0 aliphatic heterocycles. The number of halogens is 1. The highest BCUT2D eigenvalue weighted by Crippen LogP contribution is 2.37. The molecular formula is C23H20BrN3O6. The van der Waals surface area contributed by atoms with Crippen molar-refractivity contribution in [1.82, 2.24) is 5.43 Å². The van der Waals surface area contributed by atoms with Crippen molar-refractivity contribution in [3.63, 3.8) is 0 Å². The number of rotatable bonds is 9. The van der Waals surface area contributed by atoms with Crippen LogP contribution in [0.1, 0.15) is 21.5 Å². The normalized spacial score (nSPS) is 10.6. The number of hydrazone groups is 1. The molecule has 3 aromatic rings. The number of carbonyl (C=O) groups excluding carboxylic acids is 1. The maximum Gasteiger partial charge on any atom is 0.271 e. The Morgan fingerprint density at radius 3 is 2.55 bits per heavy atom. The van der Waals surface area contributed by atoms with Gasteiger partial charge in [0.15, 0.2) is 11.5 Å². The zero-order valence-corrected chi connectivity index (χ0v) is 19.4. The van der Waals surface area contributed by atoms with Crippen LogP contribution < -0.4 is 19.6 Å². The van der Waals surface area contributed by atoms with Crippen LogP contribution in [0, 0.1) is 10.1 Å². The Balaban J connectivity index is 1.67. The third kappa shape index (κ3) is 6.30. The quantitative estimate of drug-likeness (QED) is 0.251. The van der Waals surface area contributed by atoms with Gasteiger partial charge in [-0.15, -0.1) is 0 Å². The summed E-state index contributed by atoms with van der Waals surface area (Å²) in [7, 11) is 3.03. The fraction of sp³-hybridized carbons (Fsp3) is 0.130. The van der Waals surface area contributed by atoms with E-state index in [1.165, 1.54) is 32.6 Å². The lowest BCUT2D eigenvalue weighted by Gasteiger charge is -2.13. The number of hydrogen-bond acceptors (Lipinski definition) is 7. The van der Waals surface area contributed by atoms with E-state index in [4.69, 9.17) is 14.2 Å². The van der Waals surface area contributed by atoms with Crippen molar-refractivity contribution >= 4 is 33.7 Å². The van der Waals surface area contributed by atoms with E-state index in [-0.39, 0.29) is 18.2 Å². The molecule has 3 rings (SSSR count). The van der Waals surface area contributed by atoms with E-state index in [9.17, 15) is 14.9 Å². The predicted octanol–water partition coefficient (Wildman–Crippen LogP) is 4.72. The fourth-order valence-corrected chi connectivity index (χ4v) is 3.39. The topological polar surface area (TPSA) is 112 Å². The fourth-order valence-electron chi connectivity index (χ4n) is 2.82. The van der Waals surface area contributed by atoms with E-state index in [2.05, 4.69) is 26.5 Å². The van der Waals surface area contributed by atoms with Crippen molar-refractivity contribution in [3.05, 3.63) is 91.9 Å². The molecule has 0 atom stereocenters. The van der Waals surface area contributed by atoms with Crippen LogP contribution in [0.15, 0.2) is 70.2 Å². The van der Waals surface area contributed by atoms with Crippen molar-refractivity contribution in [2.24, 2.45) is 5.10 Å². The first-order valence-corrected chi connectivity index (χ1v) is 10.4. The van der Waals surface area contributed by atoms with Gasteiger partial charge in [-0.3, -0.25) is 14.9 Å². The number of nitro benzene ring substituents is 1. The minimum Gasteiger partial charge on any atom is -0.497 e. The predicted molar refractivity (Wildman–Crippen MR) is 126 cm³/mol. The van der Waals surface area contributed by atoms with Gasteiger partial charge in [0.25, 0.3) is 11.6 Å². The van der Waals surface area contributed by atoms with E-state index in [0.717, 1.165) is 5.56 Å². The van der Waals surface area contributed by atoms with Gasteiger partial charge in [0.2, 0.25) is 0 Å². The molecule has 0 heterocycles. The Hall–Kier alpha value is -3.92. The van der Waals surface area contributed by atoms with Crippen LogP contribution in [0.4, 0.5) is 5.69 Å². The molecule has 1 N–H and O–H groups in total. The summed E-state index contributed by atoms with van der Waals surface area (Å²) in [6.07, 6.45) is 1.48. The summed E-state index contributed by atoms with van der Waals surface area (Å²) in [5, 5.41) is 14.8. The third-order valence-electron chi connectivity index (χ3n) is 4.49. The molecule has 0 saturated heterocycles. The number of benzene rings is 3. The molecule has 1 amide bonds. The van der Waals surface area contributed by atoms with E-state index >= 15 is 0 Å². The molecule has 0 radical (unpaired) electrons. The molecule has 0 fully saturated rings. The molecule has 33 heavy (non-hydrogen) atoms. The zero-order chi connectivity index (χ0) is 23.8. The number of methoxy groups -OCH3 is 2. The molecule has 170 valence electrons. The number of amides is 1. The molecule has 0 aromatic heterocycles. The lowest BCUT2D eigenvalue weighted by atomic mass is 10.2. The lowest BCUT2D eigenvalue weighted by molar-refractivity contribution is -0.384. The van der Waals surface area contributed by atoms with Crippen molar-refractivity contribution in [3.8, 4) is 17.2 Å². The summed E-state index contributed by atoms with van der Waals surface area (Å²) in [6.45, 7) is 0.191. The van der Waals surface area contributed by atoms with Gasteiger partial charge >= 0.3 is 0 Å². The first-order chi connectivity index (χ1) is 15.9. The van der Waals surface area contributed by atoms with Gasteiger partial charge in [-0.25, -0.2) is 5.43 Å². The van der Waals surface area contributed by atoms with Crippen molar-refractivity contribution in [2.45, 2.75) is 6.61 Å². The molecule has 0 spiro atoms. The molecule has 0 saturated carbocycles. The van der Waals surface area contributed by atoms with Crippen molar-refractivity contribution < 1.29 is 23.9 Å². The van der Waals surface area contributed by atoms with Crippen LogP contribution in [0.25, 0.3) is 0 Å². The monoisotopic (exact) mass is 513 g/mol. The average molecular weight is 514 g/mol. The Morgan fingerprint density at radius 1 is 1.12 bits per heavy atom. The van der Waals surface area contributed by atoms with Crippen LogP contribution in [-0.2, 0) is 6.61 Å². The zero-order valence-electron chi connectivity index (χ0n) is 17.8. The van der Waals surface area contributed by atoms with Gasteiger partial charge in [-0.05, 0) is 69.5 Å². The molecule has 0 aliphatic carbocycles. The van der Waals surface area contributed by atoms with Crippen molar-refractivity contribution in [1.29, 1.82) is 0 Å². The first-order valence-electron chi connectivity index (χ1n) is 9.62. The summed E-state index contributed by atoms with van der Waals surface area (Å²) in [6, 6.07) is 16.3. The van der Waals surface area contributed by atoms with Crippen LogP contribution in [0.3, 0.4) is 0 Å². The summed E-state index contributed by atoms with van der Waals surface area (Å²) < 4.78 is 17.0. The average Bonchev–Trinajstić information content (AvgIpc) is 2.83. The maximum absolute atomic E-state index is 12.3. The SMILES string of the molecule is COc1cccc(C(=O)N/N=C/c2cc(Br)c(OCc3ccc([N+](=O)[O-])cc3)c(OC)c2)c1. The van der Waals surface area contributed by atoms with E-state index in [0.29, 0.717) is 32.8 Å². The van der Waals surface area contributed by atoms with Gasteiger partial charge in [0.05, 0.1) is 29.8 Å². The van der Waals surface area contributed by atoms with Crippen LogP contribution in [0.5, 0.6) is 17.2 Å². The molecule has 10 heteroatoms. The van der Waals surface area contributed by atoms with Crippen LogP contribution >= 0.6 is 15.9 Å². The van der Waals surface area contributed by atoms with Gasteiger partial charge in [-0.1, -0.05) is 6.07 Å². The molecule has 3 aromatic carbocycles. The number of nitro groups is 1. The Labute approximate surface area is 198 Å². The smallest absolute Gasteiger partial charge is 0.271 e. The number of nitrogens with one attached hydrogen (secondary N) is 1. The molecule has 0 bridgehead atoms. The minimum absolute atomic E-state index is 0.0136. The van der Waals surface area contributed by atoms with Gasteiger partial charge in [0.1, 0.15) is 12.4 Å². The second-order valence-electron chi connectivity index (χ2n) is 6.68. The number of hydrogen-bond donors (Lipinski definition) is 1. The van der Waals surface area contributed by atoms with Gasteiger partial charge in [-0.2, -0.15) is 5.10 Å². The minimum atomic E-state index is -0.455.